The Balaban J connectivity index is 1.13. The molecule has 0 radical (unpaired) electrons. The summed E-state index contributed by atoms with van der Waals surface area (Å²) in [4.78, 5) is 2.50. The number of thiophene rings is 1. The van der Waals surface area contributed by atoms with Crippen LogP contribution in [0.3, 0.4) is 0 Å². The van der Waals surface area contributed by atoms with Gasteiger partial charge in [-0.1, -0.05) is 172 Å². The lowest BCUT2D eigenvalue weighted by Gasteiger charge is -2.35. The van der Waals surface area contributed by atoms with Crippen molar-refractivity contribution in [2.45, 2.75) is 37.5 Å². The molecule has 3 aliphatic rings. The molecule has 286 valence electrons. The Labute approximate surface area is 356 Å². The zero-order chi connectivity index (χ0) is 40.0. The number of benzene rings is 8. The Morgan fingerprint density at radius 1 is 0.500 bits per heavy atom. The van der Waals surface area contributed by atoms with Gasteiger partial charge in [-0.05, 0) is 117 Å². The van der Waals surface area contributed by atoms with Crippen LogP contribution in [0, 0.1) is 0 Å². The van der Waals surface area contributed by atoms with Crippen molar-refractivity contribution < 1.29 is 0 Å². The second kappa shape index (κ2) is 13.4. The van der Waals surface area contributed by atoms with Gasteiger partial charge in [-0.25, -0.2) is 0 Å². The minimum Gasteiger partial charge on any atom is -0.310 e. The van der Waals surface area contributed by atoms with E-state index in [-0.39, 0.29) is 5.41 Å². The van der Waals surface area contributed by atoms with E-state index in [9.17, 15) is 0 Å². The molecule has 1 heterocycles. The summed E-state index contributed by atoms with van der Waals surface area (Å²) in [5.74, 6) is 0. The van der Waals surface area contributed by atoms with Crippen molar-refractivity contribution in [2.75, 3.05) is 4.90 Å². The first-order valence-corrected chi connectivity index (χ1v) is 22.0. The van der Waals surface area contributed by atoms with Crippen molar-refractivity contribution >= 4 is 54.1 Å². The summed E-state index contributed by atoms with van der Waals surface area (Å²) in [6.07, 6.45) is 8.89. The van der Waals surface area contributed by atoms with Crippen LogP contribution in [0.15, 0.2) is 200 Å². The average Bonchev–Trinajstić information content (AvgIpc) is 3.91. The first kappa shape index (κ1) is 35.2. The largest absolute Gasteiger partial charge is 0.310 e. The summed E-state index contributed by atoms with van der Waals surface area (Å²) in [6.45, 7) is 4.75. The molecule has 0 spiro atoms. The molecule has 1 aromatic heterocycles. The van der Waals surface area contributed by atoms with Crippen molar-refractivity contribution in [1.29, 1.82) is 0 Å². The summed E-state index contributed by atoms with van der Waals surface area (Å²) in [6, 6.07) is 68.8. The van der Waals surface area contributed by atoms with Gasteiger partial charge in [-0.15, -0.1) is 11.3 Å². The highest BCUT2D eigenvalue weighted by Crippen LogP contribution is 2.60. The molecule has 0 N–H and O–H groups in total. The molecule has 0 saturated carbocycles. The zero-order valence-electron chi connectivity index (χ0n) is 33.8. The maximum atomic E-state index is 2.52. The Morgan fingerprint density at radius 2 is 1.13 bits per heavy atom. The number of allylic oxidation sites excluding steroid dienone is 4. The number of nitrogens with zero attached hydrogens (tertiary/aromatic N) is 1. The summed E-state index contributed by atoms with van der Waals surface area (Å²) in [5, 5.41) is 2.65. The second-order valence-corrected chi connectivity index (χ2v) is 18.2. The zero-order valence-corrected chi connectivity index (χ0v) is 34.6. The predicted molar refractivity (Wildman–Crippen MR) is 255 cm³/mol. The molecule has 0 fully saturated rings. The number of rotatable bonds is 6. The first-order chi connectivity index (χ1) is 29.5. The van der Waals surface area contributed by atoms with Crippen LogP contribution in [0.2, 0.25) is 0 Å². The van der Waals surface area contributed by atoms with Gasteiger partial charge in [0.15, 0.2) is 0 Å². The fourth-order valence-corrected chi connectivity index (χ4v) is 12.1. The van der Waals surface area contributed by atoms with Crippen LogP contribution in [0.1, 0.15) is 65.6 Å². The molecular formula is C58H43NS. The van der Waals surface area contributed by atoms with Gasteiger partial charge in [0.25, 0.3) is 0 Å². The van der Waals surface area contributed by atoms with E-state index in [0.717, 1.165) is 29.9 Å². The van der Waals surface area contributed by atoms with Gasteiger partial charge in [0.05, 0.1) is 5.41 Å². The van der Waals surface area contributed by atoms with Crippen molar-refractivity contribution in [2.24, 2.45) is 0 Å². The highest BCUT2D eigenvalue weighted by molar-refractivity contribution is 7.26. The van der Waals surface area contributed by atoms with Gasteiger partial charge in [0, 0.05) is 48.2 Å². The van der Waals surface area contributed by atoms with E-state index in [1.54, 1.807) is 0 Å². The lowest BCUT2D eigenvalue weighted by molar-refractivity contribution is 0.660. The summed E-state index contributed by atoms with van der Waals surface area (Å²) in [7, 11) is 0. The molecule has 0 amide bonds. The lowest BCUT2D eigenvalue weighted by Crippen LogP contribution is -2.28. The Hall–Kier alpha value is -6.74. The molecule has 3 aliphatic carbocycles. The average molecular weight is 786 g/mol. The highest BCUT2D eigenvalue weighted by Gasteiger charge is 2.47. The second-order valence-electron chi connectivity index (χ2n) is 17.1. The Morgan fingerprint density at radius 3 is 1.87 bits per heavy atom. The van der Waals surface area contributed by atoms with Crippen LogP contribution in [0.5, 0.6) is 0 Å². The molecular weight excluding hydrogens is 743 g/mol. The van der Waals surface area contributed by atoms with Gasteiger partial charge in [-0.3, -0.25) is 0 Å². The topological polar surface area (TPSA) is 3.24 Å². The molecule has 0 saturated heterocycles. The number of fused-ring (bicyclic) bond motifs is 10. The smallest absolute Gasteiger partial charge is 0.0714 e. The van der Waals surface area contributed by atoms with E-state index in [2.05, 4.69) is 219 Å². The lowest BCUT2D eigenvalue weighted by atomic mass is 9.67. The summed E-state index contributed by atoms with van der Waals surface area (Å²) < 4.78 is 2.68. The standard InChI is InChI=1S/C58H43NS/c1-57(2)50-24-14-12-22-45(50)46-32-30-43(36-52(46)57)59(42-28-26-39(27-29-42)38-16-6-3-7-17-38)44-31-33-49-53(37-44)58(40-18-8-4-9-19-40,41-20-10-5-11-21-41)51-35-34-48-47-23-13-15-25-54(47)60-56(48)55(49)51/h3-6,8-16,18-37H,7,17H2,1-2H3. The minimum atomic E-state index is -0.536. The van der Waals surface area contributed by atoms with Crippen LogP contribution in [0.4, 0.5) is 17.1 Å². The van der Waals surface area contributed by atoms with Gasteiger partial charge in [0.2, 0.25) is 0 Å². The Bertz CT molecular complexity index is 3180. The quantitative estimate of drug-likeness (QED) is 0.162. The highest BCUT2D eigenvalue weighted by atomic mass is 32.1. The SMILES string of the molecule is CC1(C)c2ccccc2-c2ccc(N(c3ccc(C4=CC=CCC4)cc3)c3ccc4c(c3)C(c3ccccc3)(c3ccccc3)c3ccc5c(sc6ccccc65)c3-4)cc21. The van der Waals surface area contributed by atoms with Gasteiger partial charge in [-0.2, -0.15) is 0 Å². The molecule has 60 heavy (non-hydrogen) atoms. The van der Waals surface area contributed by atoms with E-state index >= 15 is 0 Å². The third kappa shape index (κ3) is 5.04. The minimum absolute atomic E-state index is 0.122. The number of hydrogen-bond acceptors (Lipinski definition) is 2. The summed E-state index contributed by atoms with van der Waals surface area (Å²) in [5.41, 5.74) is 18.8. The number of hydrogen-bond donors (Lipinski definition) is 0. The third-order valence-electron chi connectivity index (χ3n) is 13.6. The molecule has 9 aromatic rings. The fourth-order valence-electron chi connectivity index (χ4n) is 10.8. The molecule has 1 nitrogen and oxygen atoms in total. The van der Waals surface area contributed by atoms with Crippen molar-refractivity contribution in [3.8, 4) is 22.3 Å². The fraction of sp³-hybridized carbons (Fsp3) is 0.103. The predicted octanol–water partition coefficient (Wildman–Crippen LogP) is 15.9. The van der Waals surface area contributed by atoms with Crippen molar-refractivity contribution in [1.82, 2.24) is 0 Å². The van der Waals surface area contributed by atoms with Gasteiger partial charge in [0.1, 0.15) is 0 Å². The van der Waals surface area contributed by atoms with Crippen molar-refractivity contribution in [3.63, 3.8) is 0 Å². The molecule has 12 rings (SSSR count). The molecule has 2 heteroatoms. The van der Waals surface area contributed by atoms with Gasteiger partial charge >= 0.3 is 0 Å². The van der Waals surface area contributed by atoms with Crippen molar-refractivity contribution in [3.05, 3.63) is 239 Å². The third-order valence-corrected chi connectivity index (χ3v) is 14.8. The van der Waals surface area contributed by atoms with E-state index in [4.69, 9.17) is 0 Å². The summed E-state index contributed by atoms with van der Waals surface area (Å²) >= 11 is 1.93. The molecule has 0 atom stereocenters. The molecule has 0 bridgehead atoms. The van der Waals surface area contributed by atoms with Crippen LogP contribution in [0.25, 0.3) is 48.0 Å². The van der Waals surface area contributed by atoms with E-state index in [1.807, 2.05) is 11.3 Å². The molecule has 0 unspecified atom stereocenters. The Kier molecular flexibility index (Phi) is 7.86. The van der Waals surface area contributed by atoms with E-state index in [0.29, 0.717) is 0 Å². The first-order valence-electron chi connectivity index (χ1n) is 21.2. The maximum Gasteiger partial charge on any atom is 0.0714 e. The van der Waals surface area contributed by atoms with Crippen LogP contribution >= 0.6 is 11.3 Å². The number of anilines is 3. The van der Waals surface area contributed by atoms with Crippen LogP contribution in [-0.2, 0) is 10.8 Å². The monoisotopic (exact) mass is 785 g/mol. The van der Waals surface area contributed by atoms with Crippen LogP contribution in [-0.4, -0.2) is 0 Å². The van der Waals surface area contributed by atoms with E-state index < -0.39 is 5.41 Å². The van der Waals surface area contributed by atoms with E-state index in [1.165, 1.54) is 86.9 Å². The maximum absolute atomic E-state index is 2.52. The normalized spacial score (nSPS) is 15.3. The van der Waals surface area contributed by atoms with Crippen LogP contribution < -0.4 is 4.90 Å². The van der Waals surface area contributed by atoms with Gasteiger partial charge < -0.3 is 4.90 Å². The molecule has 8 aromatic carbocycles. The molecule has 0 aliphatic heterocycles.